The molecule has 5 nitrogen and oxygen atoms in total. The minimum atomic E-state index is -0.107. The summed E-state index contributed by atoms with van der Waals surface area (Å²) in [6.07, 6.45) is 3.81. The van der Waals surface area contributed by atoms with Gasteiger partial charge in [0.15, 0.2) is 0 Å². The van der Waals surface area contributed by atoms with Gasteiger partial charge in [-0.15, -0.1) is 12.4 Å². The van der Waals surface area contributed by atoms with Crippen LogP contribution in [0, 0.1) is 12.8 Å². The van der Waals surface area contributed by atoms with Crippen LogP contribution >= 0.6 is 24.0 Å². The highest BCUT2D eigenvalue weighted by atomic mass is 35.5. The van der Waals surface area contributed by atoms with Crippen LogP contribution in [-0.2, 0) is 11.8 Å². The summed E-state index contributed by atoms with van der Waals surface area (Å²) in [5, 5.41) is 11.1. The first-order valence-corrected chi connectivity index (χ1v) is 7.68. The van der Waals surface area contributed by atoms with Gasteiger partial charge in [0.05, 0.1) is 12.1 Å². The summed E-state index contributed by atoms with van der Waals surface area (Å²) >= 11 is 6.11. The number of hydrogen-bond donors (Lipinski definition) is 2. The van der Waals surface area contributed by atoms with Crippen LogP contribution in [-0.4, -0.2) is 28.8 Å². The zero-order valence-electron chi connectivity index (χ0n) is 13.0. The number of aromatic nitrogens is 2. The lowest BCUT2D eigenvalue weighted by atomic mass is 9.90. The van der Waals surface area contributed by atoms with Crippen molar-refractivity contribution in [2.75, 3.05) is 18.4 Å². The molecule has 7 heteroatoms. The predicted octanol–water partition coefficient (Wildman–Crippen LogP) is 2.75. The fourth-order valence-corrected chi connectivity index (χ4v) is 3.02. The van der Waals surface area contributed by atoms with Crippen molar-refractivity contribution >= 4 is 35.6 Å². The van der Waals surface area contributed by atoms with Crippen LogP contribution in [0.15, 0.2) is 30.6 Å². The number of amides is 1. The fraction of sp³-hybridized carbons (Fsp3) is 0.375. The van der Waals surface area contributed by atoms with Gasteiger partial charge in [-0.3, -0.25) is 9.48 Å². The minimum Gasteiger partial charge on any atom is -0.326 e. The van der Waals surface area contributed by atoms with E-state index >= 15 is 0 Å². The van der Waals surface area contributed by atoms with Crippen molar-refractivity contribution in [3.05, 3.63) is 46.7 Å². The molecule has 1 aromatic heterocycles. The molecule has 1 fully saturated rings. The first-order chi connectivity index (χ1) is 10.5. The van der Waals surface area contributed by atoms with Crippen molar-refractivity contribution in [2.24, 2.45) is 13.0 Å². The summed E-state index contributed by atoms with van der Waals surface area (Å²) < 4.78 is 1.77. The molecule has 1 aromatic carbocycles. The number of rotatable bonds is 3. The summed E-state index contributed by atoms with van der Waals surface area (Å²) in [6.45, 7) is 3.40. The topological polar surface area (TPSA) is 59.0 Å². The monoisotopic (exact) mass is 354 g/mol. The van der Waals surface area contributed by atoms with Crippen LogP contribution in [0.2, 0.25) is 5.02 Å². The quantitative estimate of drug-likeness (QED) is 0.890. The highest BCUT2D eigenvalue weighted by Crippen LogP contribution is 2.29. The molecule has 0 unspecified atom stereocenters. The van der Waals surface area contributed by atoms with Gasteiger partial charge < -0.3 is 10.6 Å². The number of hydrogen-bond acceptors (Lipinski definition) is 3. The molecule has 1 amide bonds. The average Bonchev–Trinajstić information content (AvgIpc) is 3.11. The van der Waals surface area contributed by atoms with E-state index in [2.05, 4.69) is 15.7 Å². The Morgan fingerprint density at radius 3 is 2.87 bits per heavy atom. The number of aryl methyl sites for hydroxylation is 2. The first kappa shape index (κ1) is 17.8. The third-order valence-corrected chi connectivity index (χ3v) is 4.55. The zero-order valence-corrected chi connectivity index (χ0v) is 14.6. The Morgan fingerprint density at radius 1 is 1.43 bits per heavy atom. The van der Waals surface area contributed by atoms with Crippen molar-refractivity contribution < 1.29 is 4.79 Å². The van der Waals surface area contributed by atoms with Gasteiger partial charge in [0.25, 0.3) is 0 Å². The Morgan fingerprint density at radius 2 is 2.22 bits per heavy atom. The van der Waals surface area contributed by atoms with Gasteiger partial charge in [-0.2, -0.15) is 5.10 Å². The van der Waals surface area contributed by atoms with Crippen LogP contribution in [0.5, 0.6) is 0 Å². The van der Waals surface area contributed by atoms with Gasteiger partial charge in [-0.05, 0) is 30.2 Å². The molecule has 2 heterocycles. The first-order valence-electron chi connectivity index (χ1n) is 7.31. The SMILES string of the molecule is Cc1ccc(NC(=O)[C@H]2CNC[C@@H]2c2cnn(C)c2)cc1Cl.Cl. The molecule has 3 rings (SSSR count). The van der Waals surface area contributed by atoms with Gasteiger partial charge in [0, 0.05) is 43.0 Å². The van der Waals surface area contributed by atoms with Crippen molar-refractivity contribution in [1.82, 2.24) is 15.1 Å². The second-order valence-corrected chi connectivity index (χ2v) is 6.18. The number of benzene rings is 1. The van der Waals surface area contributed by atoms with E-state index in [0.717, 1.165) is 23.4 Å². The van der Waals surface area contributed by atoms with Gasteiger partial charge in [-0.1, -0.05) is 17.7 Å². The second kappa shape index (κ2) is 7.34. The largest absolute Gasteiger partial charge is 0.326 e. The second-order valence-electron chi connectivity index (χ2n) is 5.77. The smallest absolute Gasteiger partial charge is 0.229 e. The van der Waals surface area contributed by atoms with Crippen LogP contribution in [0.4, 0.5) is 5.69 Å². The summed E-state index contributed by atoms with van der Waals surface area (Å²) in [5.41, 5.74) is 2.82. The molecule has 1 saturated heterocycles. The normalized spacial score (nSPS) is 20.1. The molecule has 1 aliphatic heterocycles. The van der Waals surface area contributed by atoms with Crippen molar-refractivity contribution in [1.29, 1.82) is 0 Å². The van der Waals surface area contributed by atoms with Gasteiger partial charge in [-0.25, -0.2) is 0 Å². The van der Waals surface area contributed by atoms with E-state index in [-0.39, 0.29) is 30.2 Å². The number of nitrogens with one attached hydrogen (secondary N) is 2. The Hall–Kier alpha value is -1.56. The Bertz CT molecular complexity index is 701. The molecule has 2 aromatic rings. The minimum absolute atomic E-state index is 0. The lowest BCUT2D eigenvalue weighted by Gasteiger charge is -2.17. The number of halogens is 2. The highest BCUT2D eigenvalue weighted by Gasteiger charge is 2.34. The van der Waals surface area contributed by atoms with Crippen molar-refractivity contribution in [3.8, 4) is 0 Å². The Labute approximate surface area is 146 Å². The van der Waals surface area contributed by atoms with Gasteiger partial charge >= 0.3 is 0 Å². The van der Waals surface area contributed by atoms with Crippen LogP contribution in [0.25, 0.3) is 0 Å². The molecule has 2 atom stereocenters. The van der Waals surface area contributed by atoms with Crippen LogP contribution in [0.3, 0.4) is 0 Å². The molecular formula is C16H20Cl2N4O. The van der Waals surface area contributed by atoms with E-state index in [1.165, 1.54) is 0 Å². The number of carbonyl (C=O) groups is 1. The summed E-state index contributed by atoms with van der Waals surface area (Å²) in [6, 6.07) is 5.57. The molecule has 0 aliphatic carbocycles. The van der Waals surface area contributed by atoms with Crippen LogP contribution < -0.4 is 10.6 Å². The van der Waals surface area contributed by atoms with Crippen LogP contribution in [0.1, 0.15) is 17.0 Å². The fourth-order valence-electron chi connectivity index (χ4n) is 2.84. The van der Waals surface area contributed by atoms with E-state index in [1.54, 1.807) is 10.7 Å². The standard InChI is InChI=1S/C16H19ClN4O.ClH/c1-10-3-4-12(5-15(10)17)20-16(22)14-8-18-7-13(14)11-6-19-21(2)9-11;/h3-6,9,13-14,18H,7-8H2,1-2H3,(H,20,22);1H/t13-,14+;/m1./s1. The molecule has 0 radical (unpaired) electrons. The number of carbonyl (C=O) groups excluding carboxylic acids is 1. The molecule has 0 saturated carbocycles. The average molecular weight is 355 g/mol. The maximum absolute atomic E-state index is 12.6. The molecule has 2 N–H and O–H groups in total. The summed E-state index contributed by atoms with van der Waals surface area (Å²) in [4.78, 5) is 12.6. The van der Waals surface area contributed by atoms with E-state index in [4.69, 9.17) is 11.6 Å². The van der Waals surface area contributed by atoms with Crippen molar-refractivity contribution in [3.63, 3.8) is 0 Å². The van der Waals surface area contributed by atoms with Gasteiger partial charge in [0.2, 0.25) is 5.91 Å². The van der Waals surface area contributed by atoms with E-state index < -0.39 is 0 Å². The lowest BCUT2D eigenvalue weighted by Crippen LogP contribution is -2.28. The molecule has 0 bridgehead atoms. The van der Waals surface area contributed by atoms with E-state index in [9.17, 15) is 4.79 Å². The zero-order chi connectivity index (χ0) is 15.7. The highest BCUT2D eigenvalue weighted by molar-refractivity contribution is 6.31. The van der Waals surface area contributed by atoms with E-state index in [1.807, 2.05) is 38.5 Å². The van der Waals surface area contributed by atoms with Crippen molar-refractivity contribution in [2.45, 2.75) is 12.8 Å². The molecule has 1 aliphatic rings. The lowest BCUT2D eigenvalue weighted by molar-refractivity contribution is -0.119. The molecule has 0 spiro atoms. The maximum Gasteiger partial charge on any atom is 0.229 e. The number of nitrogens with zero attached hydrogens (tertiary/aromatic N) is 2. The third-order valence-electron chi connectivity index (χ3n) is 4.14. The molecule has 23 heavy (non-hydrogen) atoms. The maximum atomic E-state index is 12.6. The third kappa shape index (κ3) is 3.86. The van der Waals surface area contributed by atoms with E-state index in [0.29, 0.717) is 11.6 Å². The number of anilines is 1. The Kier molecular flexibility index (Phi) is 5.68. The summed E-state index contributed by atoms with van der Waals surface area (Å²) in [7, 11) is 1.88. The summed E-state index contributed by atoms with van der Waals surface area (Å²) in [5.74, 6) is 0.0534. The molecular weight excluding hydrogens is 335 g/mol. The Balaban J connectivity index is 0.00000192. The predicted molar refractivity (Wildman–Crippen MR) is 94.4 cm³/mol. The van der Waals surface area contributed by atoms with Gasteiger partial charge in [0.1, 0.15) is 0 Å². The molecule has 124 valence electrons.